The molecule has 76 heavy (non-hydrogen) atoms. The maximum atomic E-state index is 7.38. The number of aromatic nitrogens is 5. The summed E-state index contributed by atoms with van der Waals surface area (Å²) in [5.41, 5.74) is 16.6. The predicted octanol–water partition coefficient (Wildman–Crippen LogP) is 18.2. The molecule has 5 aromatic heterocycles. The molecule has 0 aliphatic heterocycles. The monoisotopic (exact) mass is 971 g/mol. The standard InChI is InChI=1S/C69H41N5O2/c1-5-19-42(20-6-1)54-39-46(69-71-67(44-23-9-3-10-24-44)70-68(72-69)45-33-34-49-48-27-15-18-32-60(48)75-61(49)41-45)40-55(43-21-7-2-8-22-43)64(54)74-57-31-17-14-29-53(57)63-59(74)38-36-51-50-35-37-58-62(65(50)76-66(51)63)52-28-13-16-30-56(52)73(58)47-25-11-4-12-26-47/h1-41H. The van der Waals surface area contributed by atoms with Crippen molar-refractivity contribution in [3.05, 3.63) is 249 Å². The van der Waals surface area contributed by atoms with E-state index in [1.165, 1.54) is 0 Å². The Morgan fingerprint density at radius 2 is 0.724 bits per heavy atom. The third-order valence-corrected chi connectivity index (χ3v) is 15.2. The average Bonchev–Trinajstić information content (AvgIpc) is 4.26. The second-order valence-corrected chi connectivity index (χ2v) is 19.4. The van der Waals surface area contributed by atoms with Gasteiger partial charge in [-0.3, -0.25) is 0 Å². The number of hydrogen-bond acceptors (Lipinski definition) is 5. The number of furan rings is 2. The van der Waals surface area contributed by atoms with E-state index < -0.39 is 0 Å². The van der Waals surface area contributed by atoms with Gasteiger partial charge in [-0.05, 0) is 90.0 Å². The molecule has 0 aliphatic carbocycles. The van der Waals surface area contributed by atoms with Crippen molar-refractivity contribution in [1.82, 2.24) is 24.1 Å². The first-order valence-electron chi connectivity index (χ1n) is 25.6. The number of rotatable bonds is 7. The van der Waals surface area contributed by atoms with Gasteiger partial charge in [-0.2, -0.15) is 0 Å². The lowest BCUT2D eigenvalue weighted by molar-refractivity contribution is 0.669. The van der Waals surface area contributed by atoms with Gasteiger partial charge in [-0.15, -0.1) is 0 Å². The Hall–Kier alpha value is -10.4. The minimum Gasteiger partial charge on any atom is -0.456 e. The molecule has 0 aliphatic rings. The van der Waals surface area contributed by atoms with Crippen molar-refractivity contribution in [2.45, 2.75) is 0 Å². The summed E-state index contributed by atoms with van der Waals surface area (Å²) in [7, 11) is 0. The molecular weight excluding hydrogens is 931 g/mol. The Morgan fingerprint density at radius 3 is 1.33 bits per heavy atom. The molecule has 11 aromatic carbocycles. The van der Waals surface area contributed by atoms with Crippen molar-refractivity contribution in [1.29, 1.82) is 0 Å². The maximum Gasteiger partial charge on any atom is 0.164 e. The van der Waals surface area contributed by atoms with E-state index >= 15 is 0 Å². The molecule has 354 valence electrons. The fourth-order valence-electron chi connectivity index (χ4n) is 11.8. The summed E-state index contributed by atoms with van der Waals surface area (Å²) < 4.78 is 18.6. The van der Waals surface area contributed by atoms with Crippen LogP contribution in [0.4, 0.5) is 0 Å². The summed E-state index contributed by atoms with van der Waals surface area (Å²) >= 11 is 0. The highest BCUT2D eigenvalue weighted by atomic mass is 16.3. The Labute approximate surface area is 434 Å². The Balaban J connectivity index is 0.972. The lowest BCUT2D eigenvalue weighted by Crippen LogP contribution is -2.04. The molecule has 0 saturated heterocycles. The molecule has 7 heteroatoms. The van der Waals surface area contributed by atoms with Gasteiger partial charge in [0.1, 0.15) is 22.3 Å². The first-order valence-corrected chi connectivity index (χ1v) is 25.6. The van der Waals surface area contributed by atoms with E-state index in [1.54, 1.807) is 0 Å². The van der Waals surface area contributed by atoms with Crippen molar-refractivity contribution in [2.75, 3.05) is 0 Å². The van der Waals surface area contributed by atoms with Crippen LogP contribution in [0.15, 0.2) is 258 Å². The van der Waals surface area contributed by atoms with E-state index in [2.05, 4.69) is 203 Å². The third-order valence-electron chi connectivity index (χ3n) is 15.2. The molecule has 0 N–H and O–H groups in total. The fraction of sp³-hybridized carbons (Fsp3) is 0. The van der Waals surface area contributed by atoms with Crippen LogP contribution in [-0.2, 0) is 0 Å². The zero-order chi connectivity index (χ0) is 49.8. The molecule has 0 unspecified atom stereocenters. The van der Waals surface area contributed by atoms with Crippen LogP contribution in [0.5, 0.6) is 0 Å². The van der Waals surface area contributed by atoms with Gasteiger partial charge in [0, 0.05) is 65.8 Å². The van der Waals surface area contributed by atoms with E-state index in [0.29, 0.717) is 17.5 Å². The Kier molecular flexibility index (Phi) is 9.20. The molecule has 16 aromatic rings. The van der Waals surface area contributed by atoms with Gasteiger partial charge >= 0.3 is 0 Å². The van der Waals surface area contributed by atoms with E-state index in [0.717, 1.165) is 138 Å². The van der Waals surface area contributed by atoms with Gasteiger partial charge in [-0.1, -0.05) is 170 Å². The average molecular weight is 972 g/mol. The number of fused-ring (bicyclic) bond motifs is 14. The van der Waals surface area contributed by atoms with Crippen molar-refractivity contribution < 1.29 is 8.83 Å². The zero-order valence-corrected chi connectivity index (χ0v) is 40.7. The summed E-state index contributed by atoms with van der Waals surface area (Å²) in [6.45, 7) is 0. The minimum atomic E-state index is 0.553. The highest BCUT2D eigenvalue weighted by Crippen LogP contribution is 2.48. The van der Waals surface area contributed by atoms with E-state index in [1.807, 2.05) is 54.6 Å². The van der Waals surface area contributed by atoms with Gasteiger partial charge in [0.05, 0.1) is 38.5 Å². The highest BCUT2D eigenvalue weighted by molar-refractivity contribution is 6.29. The normalized spacial score (nSPS) is 11.9. The van der Waals surface area contributed by atoms with Crippen LogP contribution in [0, 0.1) is 0 Å². The van der Waals surface area contributed by atoms with Gasteiger partial charge in [0.15, 0.2) is 17.5 Å². The molecule has 0 amide bonds. The van der Waals surface area contributed by atoms with Crippen LogP contribution in [0.25, 0.3) is 155 Å². The number of nitrogens with zero attached hydrogens (tertiary/aromatic N) is 5. The SMILES string of the molecule is c1ccc(-c2nc(-c3cc(-c4ccccc4)c(-n4c5ccccc5c5c6oc7c(ccc8c7c7ccccc7n8-c7ccccc7)c6ccc54)c(-c4ccccc4)c3)nc(-c3ccc4c(c3)oc3ccccc34)n2)cc1. The van der Waals surface area contributed by atoms with Crippen LogP contribution < -0.4 is 0 Å². The maximum absolute atomic E-state index is 7.38. The summed E-state index contributed by atoms with van der Waals surface area (Å²) in [5.74, 6) is 1.69. The van der Waals surface area contributed by atoms with E-state index in [4.69, 9.17) is 23.8 Å². The van der Waals surface area contributed by atoms with Crippen LogP contribution in [-0.4, -0.2) is 24.1 Å². The van der Waals surface area contributed by atoms with Gasteiger partial charge in [-0.25, -0.2) is 15.0 Å². The Morgan fingerprint density at radius 1 is 0.276 bits per heavy atom. The zero-order valence-electron chi connectivity index (χ0n) is 40.7. The largest absolute Gasteiger partial charge is 0.456 e. The number of para-hydroxylation sites is 4. The summed E-state index contributed by atoms with van der Waals surface area (Å²) in [4.78, 5) is 15.8. The summed E-state index contributed by atoms with van der Waals surface area (Å²) in [6, 6.07) is 87.4. The minimum absolute atomic E-state index is 0.553. The van der Waals surface area contributed by atoms with Crippen molar-refractivity contribution in [3.8, 4) is 67.8 Å². The summed E-state index contributed by atoms with van der Waals surface area (Å²) in [6.07, 6.45) is 0. The van der Waals surface area contributed by atoms with E-state index in [9.17, 15) is 0 Å². The first kappa shape index (κ1) is 42.2. The molecule has 0 bridgehead atoms. The molecule has 0 saturated carbocycles. The third kappa shape index (κ3) is 6.39. The lowest BCUT2D eigenvalue weighted by Gasteiger charge is -2.21. The van der Waals surface area contributed by atoms with Crippen molar-refractivity contribution in [2.24, 2.45) is 0 Å². The Bertz CT molecular complexity index is 4920. The molecule has 0 spiro atoms. The smallest absolute Gasteiger partial charge is 0.164 e. The second kappa shape index (κ2) is 16.6. The van der Waals surface area contributed by atoms with Crippen molar-refractivity contribution in [3.63, 3.8) is 0 Å². The van der Waals surface area contributed by atoms with Crippen LogP contribution >= 0.6 is 0 Å². The second-order valence-electron chi connectivity index (χ2n) is 19.4. The molecule has 0 fully saturated rings. The first-order chi connectivity index (χ1) is 37.7. The quantitative estimate of drug-likeness (QED) is 0.159. The van der Waals surface area contributed by atoms with Gasteiger partial charge < -0.3 is 18.0 Å². The molecule has 0 atom stereocenters. The molecule has 5 heterocycles. The summed E-state index contributed by atoms with van der Waals surface area (Å²) in [5, 5.41) is 8.69. The number of hydrogen-bond donors (Lipinski definition) is 0. The van der Waals surface area contributed by atoms with Gasteiger partial charge in [0.2, 0.25) is 0 Å². The highest BCUT2D eigenvalue weighted by Gasteiger charge is 2.26. The number of benzene rings is 11. The molecule has 7 nitrogen and oxygen atoms in total. The fourth-order valence-corrected chi connectivity index (χ4v) is 11.8. The van der Waals surface area contributed by atoms with Crippen LogP contribution in [0.3, 0.4) is 0 Å². The van der Waals surface area contributed by atoms with Crippen molar-refractivity contribution >= 4 is 87.5 Å². The molecule has 16 rings (SSSR count). The molecular formula is C69H41N5O2. The predicted molar refractivity (Wildman–Crippen MR) is 310 cm³/mol. The van der Waals surface area contributed by atoms with Crippen LogP contribution in [0.1, 0.15) is 0 Å². The topological polar surface area (TPSA) is 74.8 Å². The molecule has 0 radical (unpaired) electrons. The van der Waals surface area contributed by atoms with Gasteiger partial charge in [0.25, 0.3) is 0 Å². The lowest BCUT2D eigenvalue weighted by atomic mass is 9.92. The van der Waals surface area contributed by atoms with Crippen LogP contribution in [0.2, 0.25) is 0 Å². The van der Waals surface area contributed by atoms with E-state index in [-0.39, 0.29) is 0 Å².